The highest BCUT2D eigenvalue weighted by atomic mass is 19.4. The van der Waals surface area contributed by atoms with Crippen LogP contribution < -0.4 is 5.32 Å². The van der Waals surface area contributed by atoms with Crippen LogP contribution in [0.2, 0.25) is 0 Å². The molecule has 1 aromatic rings. The number of rotatable bonds is 4. The second-order valence-electron chi connectivity index (χ2n) is 4.31. The molecule has 1 aromatic carbocycles. The maximum atomic E-state index is 13.5. The standard InChI is InChI=1S/C12H14F5NO/c1-6-3-10(14)8(4-9(6)13)7(2)18-5-11(19)12(15,16)17/h3-4,7,11,18-19H,5H2,1-2H3. The van der Waals surface area contributed by atoms with Crippen molar-refractivity contribution in [1.29, 1.82) is 0 Å². The predicted octanol–water partition coefficient (Wildman–Crippen LogP) is 2.85. The van der Waals surface area contributed by atoms with Crippen LogP contribution in [-0.2, 0) is 0 Å². The first kappa shape index (κ1) is 15.8. The van der Waals surface area contributed by atoms with Crippen molar-refractivity contribution >= 4 is 0 Å². The summed E-state index contributed by atoms with van der Waals surface area (Å²) in [5, 5.41) is 11.1. The number of benzene rings is 1. The van der Waals surface area contributed by atoms with Gasteiger partial charge in [-0.2, -0.15) is 13.2 Å². The Morgan fingerprint density at radius 2 is 1.79 bits per heavy atom. The third kappa shape index (κ3) is 4.14. The van der Waals surface area contributed by atoms with E-state index in [1.165, 1.54) is 13.8 Å². The summed E-state index contributed by atoms with van der Waals surface area (Å²) in [4.78, 5) is 0. The summed E-state index contributed by atoms with van der Waals surface area (Å²) in [5.74, 6) is -1.35. The fraction of sp³-hybridized carbons (Fsp3) is 0.500. The molecule has 0 heterocycles. The quantitative estimate of drug-likeness (QED) is 0.833. The van der Waals surface area contributed by atoms with Gasteiger partial charge in [0.15, 0.2) is 6.10 Å². The van der Waals surface area contributed by atoms with Crippen LogP contribution in [-0.4, -0.2) is 23.9 Å². The Labute approximate surface area is 107 Å². The van der Waals surface area contributed by atoms with Crippen LogP contribution >= 0.6 is 0 Å². The lowest BCUT2D eigenvalue weighted by Gasteiger charge is -2.20. The lowest BCUT2D eigenvalue weighted by Crippen LogP contribution is -2.39. The predicted molar refractivity (Wildman–Crippen MR) is 59.6 cm³/mol. The molecule has 0 radical (unpaired) electrons. The Hall–Kier alpha value is -1.21. The molecule has 0 saturated carbocycles. The molecule has 19 heavy (non-hydrogen) atoms. The summed E-state index contributed by atoms with van der Waals surface area (Å²) >= 11 is 0. The third-order valence-corrected chi connectivity index (χ3v) is 2.74. The van der Waals surface area contributed by atoms with E-state index in [-0.39, 0.29) is 11.1 Å². The minimum absolute atomic E-state index is 0.0857. The van der Waals surface area contributed by atoms with E-state index in [1.54, 1.807) is 0 Å². The van der Waals surface area contributed by atoms with Crippen molar-refractivity contribution < 1.29 is 27.1 Å². The summed E-state index contributed by atoms with van der Waals surface area (Å²) < 4.78 is 63.1. The van der Waals surface area contributed by atoms with Gasteiger partial charge in [-0.15, -0.1) is 0 Å². The number of alkyl halides is 3. The van der Waals surface area contributed by atoms with Crippen LogP contribution in [0.4, 0.5) is 22.0 Å². The molecule has 0 aliphatic heterocycles. The summed E-state index contributed by atoms with van der Waals surface area (Å²) in [6.07, 6.45) is -7.29. The van der Waals surface area contributed by atoms with Crippen molar-refractivity contribution in [1.82, 2.24) is 5.32 Å². The molecule has 0 fully saturated rings. The van der Waals surface area contributed by atoms with E-state index in [0.717, 1.165) is 12.1 Å². The molecule has 0 amide bonds. The molecule has 0 bridgehead atoms. The van der Waals surface area contributed by atoms with Crippen molar-refractivity contribution in [2.75, 3.05) is 6.54 Å². The molecule has 2 nitrogen and oxygen atoms in total. The Morgan fingerprint density at radius 1 is 1.21 bits per heavy atom. The van der Waals surface area contributed by atoms with E-state index in [0.29, 0.717) is 0 Å². The molecule has 0 aliphatic carbocycles. The minimum Gasteiger partial charge on any atom is -0.382 e. The average molecular weight is 283 g/mol. The van der Waals surface area contributed by atoms with Crippen molar-refractivity contribution in [2.24, 2.45) is 0 Å². The smallest absolute Gasteiger partial charge is 0.382 e. The second-order valence-corrected chi connectivity index (χ2v) is 4.31. The van der Waals surface area contributed by atoms with E-state index >= 15 is 0 Å². The molecule has 2 N–H and O–H groups in total. The number of nitrogens with one attached hydrogen (secondary N) is 1. The Bertz CT molecular complexity index is 446. The fourth-order valence-electron chi connectivity index (χ4n) is 1.51. The summed E-state index contributed by atoms with van der Waals surface area (Å²) in [7, 11) is 0. The largest absolute Gasteiger partial charge is 0.415 e. The van der Waals surface area contributed by atoms with Gasteiger partial charge in [-0.05, 0) is 31.5 Å². The van der Waals surface area contributed by atoms with Crippen LogP contribution in [0, 0.1) is 18.6 Å². The first-order valence-corrected chi connectivity index (χ1v) is 5.56. The lowest BCUT2D eigenvalue weighted by molar-refractivity contribution is -0.202. The minimum atomic E-state index is -4.75. The monoisotopic (exact) mass is 283 g/mol. The van der Waals surface area contributed by atoms with Gasteiger partial charge in [-0.3, -0.25) is 0 Å². The van der Waals surface area contributed by atoms with Gasteiger partial charge in [0, 0.05) is 18.2 Å². The molecule has 0 spiro atoms. The van der Waals surface area contributed by atoms with E-state index in [9.17, 15) is 22.0 Å². The normalized spacial score (nSPS) is 15.4. The van der Waals surface area contributed by atoms with Crippen LogP contribution in [0.3, 0.4) is 0 Å². The molecule has 1 rings (SSSR count). The van der Waals surface area contributed by atoms with Gasteiger partial charge < -0.3 is 10.4 Å². The fourth-order valence-corrected chi connectivity index (χ4v) is 1.51. The van der Waals surface area contributed by atoms with Gasteiger partial charge in [0.1, 0.15) is 11.6 Å². The SMILES string of the molecule is Cc1cc(F)c(C(C)NCC(O)C(F)(F)F)cc1F. The van der Waals surface area contributed by atoms with Crippen LogP contribution in [0.1, 0.15) is 24.1 Å². The zero-order valence-electron chi connectivity index (χ0n) is 10.4. The van der Waals surface area contributed by atoms with Crippen molar-refractivity contribution in [3.63, 3.8) is 0 Å². The number of halogens is 5. The van der Waals surface area contributed by atoms with E-state index in [4.69, 9.17) is 5.11 Å². The number of aliphatic hydroxyl groups excluding tert-OH is 1. The zero-order valence-corrected chi connectivity index (χ0v) is 10.4. The highest BCUT2D eigenvalue weighted by Gasteiger charge is 2.38. The molecule has 108 valence electrons. The molecular weight excluding hydrogens is 269 g/mol. The van der Waals surface area contributed by atoms with Gasteiger partial charge in [0.2, 0.25) is 0 Å². The highest BCUT2D eigenvalue weighted by Crippen LogP contribution is 2.22. The van der Waals surface area contributed by atoms with E-state index in [2.05, 4.69) is 5.32 Å². The van der Waals surface area contributed by atoms with Crippen molar-refractivity contribution in [3.8, 4) is 0 Å². The molecule has 0 aliphatic rings. The molecule has 7 heteroatoms. The third-order valence-electron chi connectivity index (χ3n) is 2.74. The van der Waals surface area contributed by atoms with Gasteiger partial charge in [-0.25, -0.2) is 8.78 Å². The maximum absolute atomic E-state index is 13.5. The Kier molecular flexibility index (Phi) is 4.86. The van der Waals surface area contributed by atoms with Crippen molar-refractivity contribution in [3.05, 3.63) is 34.9 Å². The van der Waals surface area contributed by atoms with Crippen molar-refractivity contribution in [2.45, 2.75) is 32.2 Å². The number of hydrogen-bond acceptors (Lipinski definition) is 2. The highest BCUT2D eigenvalue weighted by molar-refractivity contribution is 5.27. The number of aryl methyl sites for hydroxylation is 1. The summed E-state index contributed by atoms with van der Waals surface area (Å²) in [6, 6.07) is 1.05. The Balaban J connectivity index is 2.74. The van der Waals surface area contributed by atoms with Gasteiger partial charge in [-0.1, -0.05) is 0 Å². The van der Waals surface area contributed by atoms with Gasteiger partial charge >= 0.3 is 6.18 Å². The molecule has 0 aromatic heterocycles. The number of hydrogen-bond donors (Lipinski definition) is 2. The van der Waals surface area contributed by atoms with Gasteiger partial charge in [0.25, 0.3) is 0 Å². The van der Waals surface area contributed by atoms with Crippen LogP contribution in [0.5, 0.6) is 0 Å². The molecule has 2 unspecified atom stereocenters. The molecule has 2 atom stereocenters. The topological polar surface area (TPSA) is 32.3 Å². The lowest BCUT2D eigenvalue weighted by atomic mass is 10.0. The van der Waals surface area contributed by atoms with Crippen LogP contribution in [0.15, 0.2) is 12.1 Å². The van der Waals surface area contributed by atoms with E-state index < -0.39 is 36.5 Å². The Morgan fingerprint density at radius 3 is 2.32 bits per heavy atom. The number of aliphatic hydroxyl groups is 1. The average Bonchev–Trinajstić information content (AvgIpc) is 2.29. The second kappa shape index (κ2) is 5.83. The van der Waals surface area contributed by atoms with E-state index in [1.807, 2.05) is 0 Å². The zero-order chi connectivity index (χ0) is 14.8. The first-order chi connectivity index (χ1) is 8.62. The summed E-state index contributed by atoms with van der Waals surface area (Å²) in [6.45, 7) is 1.98. The van der Waals surface area contributed by atoms with Crippen LogP contribution in [0.25, 0.3) is 0 Å². The van der Waals surface area contributed by atoms with Gasteiger partial charge in [0.05, 0.1) is 0 Å². The first-order valence-electron chi connectivity index (χ1n) is 5.56. The molecule has 0 saturated heterocycles. The summed E-state index contributed by atoms with van der Waals surface area (Å²) in [5.41, 5.74) is 0.0289. The maximum Gasteiger partial charge on any atom is 0.415 e. The molecular formula is C12H14F5NO.